The van der Waals surface area contributed by atoms with Crippen LogP contribution < -0.4 is 0 Å². The molecule has 0 radical (unpaired) electrons. The van der Waals surface area contributed by atoms with Gasteiger partial charge in [0.25, 0.3) is 0 Å². The highest BCUT2D eigenvalue weighted by Gasteiger charge is 2.68. The SMILES string of the molecule is CCCCCCCCCC[C@H]1[C@@H]2C[C@H]3[C@@H]4C=C[C@H]([C@@H]3C(C)=O)[C@H]1[C@@H]42. The standard InChI is InChI=1S/C23H36O/c1-3-4-5-6-7-8-9-10-11-16-20-14-19-17-12-13-18(21(19)15(2)24)22(16)23(17)20/h12-13,16-23H,3-11,14H2,1-2H3/t16-,17-,18+,19-,20-,21-,22-,23-/m0/s1. The molecular formula is C23H36O. The summed E-state index contributed by atoms with van der Waals surface area (Å²) in [6.07, 6.45) is 19.2. The summed E-state index contributed by atoms with van der Waals surface area (Å²) in [6.45, 7) is 4.15. The molecule has 5 rings (SSSR count). The van der Waals surface area contributed by atoms with Crippen molar-refractivity contribution >= 4 is 5.78 Å². The molecule has 0 N–H and O–H groups in total. The number of hydrogen-bond donors (Lipinski definition) is 0. The molecule has 0 saturated heterocycles. The van der Waals surface area contributed by atoms with Crippen LogP contribution in [-0.4, -0.2) is 5.78 Å². The molecule has 0 aliphatic heterocycles. The lowest BCUT2D eigenvalue weighted by atomic mass is 9.45. The van der Waals surface area contributed by atoms with E-state index in [2.05, 4.69) is 19.1 Å². The molecule has 0 aromatic heterocycles. The summed E-state index contributed by atoms with van der Waals surface area (Å²) in [5.74, 6) is 6.75. The quantitative estimate of drug-likeness (QED) is 0.353. The van der Waals surface area contributed by atoms with E-state index in [9.17, 15) is 4.79 Å². The number of hydrogen-bond acceptors (Lipinski definition) is 1. The van der Waals surface area contributed by atoms with E-state index in [-0.39, 0.29) is 0 Å². The summed E-state index contributed by atoms with van der Waals surface area (Å²) >= 11 is 0. The van der Waals surface area contributed by atoms with Crippen LogP contribution in [0.2, 0.25) is 0 Å². The van der Waals surface area contributed by atoms with Crippen molar-refractivity contribution < 1.29 is 4.79 Å². The lowest BCUT2D eigenvalue weighted by Gasteiger charge is -2.59. The van der Waals surface area contributed by atoms with Crippen molar-refractivity contribution in [3.05, 3.63) is 12.2 Å². The molecule has 134 valence electrons. The molecule has 3 saturated carbocycles. The first-order chi connectivity index (χ1) is 11.7. The van der Waals surface area contributed by atoms with Crippen LogP contribution in [0.4, 0.5) is 0 Å². The van der Waals surface area contributed by atoms with Crippen molar-refractivity contribution in [1.29, 1.82) is 0 Å². The first-order valence-corrected chi connectivity index (χ1v) is 10.9. The summed E-state index contributed by atoms with van der Waals surface area (Å²) in [6, 6.07) is 0. The Labute approximate surface area is 148 Å². The Morgan fingerprint density at radius 1 is 0.875 bits per heavy atom. The lowest BCUT2D eigenvalue weighted by Crippen LogP contribution is -2.56. The van der Waals surface area contributed by atoms with Gasteiger partial charge >= 0.3 is 0 Å². The van der Waals surface area contributed by atoms with Crippen molar-refractivity contribution in [2.24, 2.45) is 47.3 Å². The van der Waals surface area contributed by atoms with Gasteiger partial charge in [-0.2, -0.15) is 0 Å². The van der Waals surface area contributed by atoms with Crippen LogP contribution in [0.5, 0.6) is 0 Å². The first kappa shape index (κ1) is 16.9. The highest BCUT2D eigenvalue weighted by Crippen LogP contribution is 2.72. The number of allylic oxidation sites excluding steroid dienone is 2. The van der Waals surface area contributed by atoms with Gasteiger partial charge in [-0.25, -0.2) is 0 Å². The number of unbranched alkanes of at least 4 members (excludes halogenated alkanes) is 7. The number of Topliss-reactive ketones (excluding diaryl/α,β-unsaturated/α-hetero) is 1. The summed E-state index contributed by atoms with van der Waals surface area (Å²) in [4.78, 5) is 12.2. The number of rotatable bonds is 10. The Balaban J connectivity index is 1.25. The zero-order valence-corrected chi connectivity index (χ0v) is 15.8. The van der Waals surface area contributed by atoms with Gasteiger partial charge in [0.1, 0.15) is 5.78 Å². The van der Waals surface area contributed by atoms with Crippen LogP contribution in [0.1, 0.15) is 78.1 Å². The van der Waals surface area contributed by atoms with Crippen LogP contribution in [0.25, 0.3) is 0 Å². The average Bonchev–Trinajstić information content (AvgIpc) is 2.77. The molecule has 0 aromatic carbocycles. The molecule has 4 bridgehead atoms. The predicted octanol–water partition coefficient (Wildman–Crippen LogP) is 6.04. The molecule has 5 aliphatic carbocycles. The monoisotopic (exact) mass is 328 g/mol. The molecule has 0 heterocycles. The van der Waals surface area contributed by atoms with Gasteiger partial charge in [0.15, 0.2) is 0 Å². The molecule has 8 atom stereocenters. The fourth-order valence-corrected chi connectivity index (χ4v) is 7.35. The largest absolute Gasteiger partial charge is 0.300 e. The Morgan fingerprint density at radius 2 is 1.54 bits per heavy atom. The Morgan fingerprint density at radius 3 is 2.25 bits per heavy atom. The number of carbonyl (C=O) groups is 1. The number of carbonyl (C=O) groups excluding carboxylic acids is 1. The van der Waals surface area contributed by atoms with Gasteiger partial charge in [-0.3, -0.25) is 4.79 Å². The van der Waals surface area contributed by atoms with E-state index in [1.54, 1.807) is 0 Å². The van der Waals surface area contributed by atoms with Crippen LogP contribution in [0, 0.1) is 47.3 Å². The topological polar surface area (TPSA) is 17.1 Å². The molecule has 0 unspecified atom stereocenters. The molecule has 3 fully saturated rings. The zero-order chi connectivity index (χ0) is 16.7. The van der Waals surface area contributed by atoms with Crippen molar-refractivity contribution in [2.45, 2.75) is 78.1 Å². The molecule has 0 aromatic rings. The van der Waals surface area contributed by atoms with E-state index in [4.69, 9.17) is 0 Å². The lowest BCUT2D eigenvalue weighted by molar-refractivity contribution is -0.134. The molecule has 5 aliphatic rings. The average molecular weight is 329 g/mol. The third kappa shape index (κ3) is 2.61. The van der Waals surface area contributed by atoms with E-state index >= 15 is 0 Å². The molecular weight excluding hydrogens is 292 g/mol. The minimum Gasteiger partial charge on any atom is -0.300 e. The normalized spacial score (nSPS) is 43.9. The van der Waals surface area contributed by atoms with E-state index in [1.165, 1.54) is 64.2 Å². The molecule has 1 heteroatoms. The van der Waals surface area contributed by atoms with E-state index in [0.717, 1.165) is 29.6 Å². The fraction of sp³-hybridized carbons (Fsp3) is 0.870. The third-order valence-corrected chi connectivity index (χ3v) is 8.20. The van der Waals surface area contributed by atoms with Gasteiger partial charge in [0.05, 0.1) is 0 Å². The second-order valence-corrected chi connectivity index (χ2v) is 9.32. The minimum atomic E-state index is 0.384. The highest BCUT2D eigenvalue weighted by atomic mass is 16.1. The summed E-state index contributed by atoms with van der Waals surface area (Å²) in [7, 11) is 0. The van der Waals surface area contributed by atoms with E-state index in [0.29, 0.717) is 23.5 Å². The second-order valence-electron chi connectivity index (χ2n) is 9.32. The maximum absolute atomic E-state index is 12.2. The Hall–Kier alpha value is -0.590. The van der Waals surface area contributed by atoms with Crippen molar-refractivity contribution in [1.82, 2.24) is 0 Å². The van der Waals surface area contributed by atoms with Gasteiger partial charge in [-0.05, 0) is 61.2 Å². The third-order valence-electron chi connectivity index (χ3n) is 8.20. The van der Waals surface area contributed by atoms with Crippen molar-refractivity contribution in [3.8, 4) is 0 Å². The summed E-state index contributed by atoms with van der Waals surface area (Å²) < 4.78 is 0. The summed E-state index contributed by atoms with van der Waals surface area (Å²) in [5.41, 5.74) is 0. The maximum atomic E-state index is 12.2. The minimum absolute atomic E-state index is 0.384. The fourth-order valence-electron chi connectivity index (χ4n) is 7.35. The van der Waals surface area contributed by atoms with Crippen LogP contribution in [-0.2, 0) is 4.79 Å². The Bertz CT molecular complexity index is 492. The van der Waals surface area contributed by atoms with E-state index < -0.39 is 0 Å². The predicted molar refractivity (Wildman–Crippen MR) is 99.6 cm³/mol. The second kappa shape index (κ2) is 6.96. The molecule has 0 amide bonds. The van der Waals surface area contributed by atoms with Gasteiger partial charge in [-0.15, -0.1) is 0 Å². The van der Waals surface area contributed by atoms with Crippen molar-refractivity contribution in [3.63, 3.8) is 0 Å². The van der Waals surface area contributed by atoms with Gasteiger partial charge < -0.3 is 0 Å². The van der Waals surface area contributed by atoms with Crippen LogP contribution >= 0.6 is 0 Å². The summed E-state index contributed by atoms with van der Waals surface area (Å²) in [5, 5.41) is 0. The smallest absolute Gasteiger partial charge is 0.133 e. The maximum Gasteiger partial charge on any atom is 0.133 e. The highest BCUT2D eigenvalue weighted by molar-refractivity contribution is 5.80. The van der Waals surface area contributed by atoms with Crippen molar-refractivity contribution in [2.75, 3.05) is 0 Å². The van der Waals surface area contributed by atoms with Gasteiger partial charge in [0.2, 0.25) is 0 Å². The molecule has 1 nitrogen and oxygen atoms in total. The van der Waals surface area contributed by atoms with Crippen LogP contribution in [0.15, 0.2) is 12.2 Å². The van der Waals surface area contributed by atoms with E-state index in [1.807, 2.05) is 6.92 Å². The van der Waals surface area contributed by atoms with Gasteiger partial charge in [0, 0.05) is 5.92 Å². The molecule has 24 heavy (non-hydrogen) atoms. The molecule has 0 spiro atoms. The zero-order valence-electron chi connectivity index (χ0n) is 15.8. The van der Waals surface area contributed by atoms with Crippen LogP contribution in [0.3, 0.4) is 0 Å². The first-order valence-electron chi connectivity index (χ1n) is 10.9. The Kier molecular flexibility index (Phi) is 4.89. The number of ketones is 1. The van der Waals surface area contributed by atoms with Gasteiger partial charge in [-0.1, -0.05) is 70.4 Å².